The molecule has 0 spiro atoms. The zero-order valence-electron chi connectivity index (χ0n) is 13.1. The molecule has 1 fully saturated rings. The predicted octanol–water partition coefficient (Wildman–Crippen LogP) is 3.78. The van der Waals surface area contributed by atoms with E-state index < -0.39 is 5.25 Å². The molecule has 1 aromatic heterocycles. The van der Waals surface area contributed by atoms with Crippen LogP contribution in [0.1, 0.15) is 12.2 Å². The summed E-state index contributed by atoms with van der Waals surface area (Å²) in [4.78, 5) is 33.9. The van der Waals surface area contributed by atoms with Gasteiger partial charge in [-0.15, -0.1) is 11.8 Å². The molecule has 0 unspecified atom stereocenters. The number of para-hydroxylation sites is 2. The maximum Gasteiger partial charge on any atom is 0.247 e. The number of imidazole rings is 1. The van der Waals surface area contributed by atoms with Crippen LogP contribution in [0.25, 0.3) is 11.0 Å². The highest BCUT2D eigenvalue weighted by atomic mass is 35.5. The fourth-order valence-corrected chi connectivity index (χ4v) is 3.98. The van der Waals surface area contributed by atoms with Gasteiger partial charge in [-0.2, -0.15) is 0 Å². The van der Waals surface area contributed by atoms with Crippen molar-refractivity contribution in [2.75, 3.05) is 4.90 Å². The zero-order valence-corrected chi connectivity index (χ0v) is 14.7. The van der Waals surface area contributed by atoms with E-state index in [1.165, 1.54) is 16.7 Å². The number of rotatable bonds is 4. The van der Waals surface area contributed by atoms with Gasteiger partial charge in [0.25, 0.3) is 0 Å². The van der Waals surface area contributed by atoms with E-state index in [1.807, 2.05) is 24.3 Å². The predicted molar refractivity (Wildman–Crippen MR) is 99.7 cm³/mol. The van der Waals surface area contributed by atoms with Gasteiger partial charge in [-0.25, -0.2) is 9.88 Å². The lowest BCUT2D eigenvalue weighted by Gasteiger charge is -2.14. The van der Waals surface area contributed by atoms with E-state index >= 15 is 0 Å². The van der Waals surface area contributed by atoms with E-state index in [4.69, 9.17) is 11.6 Å². The number of carbonyl (C=O) groups is 2. The van der Waals surface area contributed by atoms with E-state index in [-0.39, 0.29) is 18.2 Å². The van der Waals surface area contributed by atoms with Crippen LogP contribution in [0.4, 0.5) is 5.69 Å². The van der Waals surface area contributed by atoms with Gasteiger partial charge < -0.3 is 4.98 Å². The van der Waals surface area contributed by atoms with Crippen molar-refractivity contribution in [1.29, 1.82) is 0 Å². The van der Waals surface area contributed by atoms with E-state index in [2.05, 4.69) is 9.97 Å². The fraction of sp³-hybridized carbons (Fsp3) is 0.167. The normalized spacial score (nSPS) is 17.6. The number of halogens is 1. The maximum absolute atomic E-state index is 12.6. The Morgan fingerprint density at radius 1 is 1.16 bits per heavy atom. The highest BCUT2D eigenvalue weighted by Gasteiger charge is 2.39. The molecule has 7 heteroatoms. The standard InChI is InChI=1S/C18H14ClN3O2S/c19-11-5-7-12(8-6-11)22-17(23)9-15(18(22)24)25-10-16-20-13-3-1-2-4-14(13)21-16/h1-8,15H,9-10H2,(H,20,21)/t15-/m0/s1. The highest BCUT2D eigenvalue weighted by molar-refractivity contribution is 7.99. The largest absolute Gasteiger partial charge is 0.341 e. The molecule has 2 aromatic carbocycles. The number of anilines is 1. The minimum Gasteiger partial charge on any atom is -0.341 e. The molecule has 0 radical (unpaired) electrons. The lowest BCUT2D eigenvalue weighted by Crippen LogP contribution is -2.31. The minimum absolute atomic E-state index is 0.186. The van der Waals surface area contributed by atoms with Crippen molar-refractivity contribution in [1.82, 2.24) is 9.97 Å². The summed E-state index contributed by atoms with van der Waals surface area (Å²) in [5.41, 5.74) is 2.43. The van der Waals surface area contributed by atoms with Gasteiger partial charge in [0.05, 0.1) is 27.7 Å². The monoisotopic (exact) mass is 371 g/mol. The van der Waals surface area contributed by atoms with Gasteiger partial charge >= 0.3 is 0 Å². The molecule has 0 bridgehead atoms. The topological polar surface area (TPSA) is 66.1 Å². The molecule has 2 amide bonds. The van der Waals surface area contributed by atoms with Crippen molar-refractivity contribution in [3.05, 3.63) is 59.4 Å². The Hall–Kier alpha value is -2.31. The Morgan fingerprint density at radius 3 is 2.68 bits per heavy atom. The summed E-state index contributed by atoms with van der Waals surface area (Å²) in [6.07, 6.45) is 0.201. The Kier molecular flexibility index (Phi) is 4.23. The molecule has 3 aromatic rings. The third-order valence-corrected chi connectivity index (χ3v) is 5.51. The first-order valence-corrected chi connectivity index (χ1v) is 9.22. The van der Waals surface area contributed by atoms with Crippen molar-refractivity contribution in [3.63, 3.8) is 0 Å². The number of amides is 2. The Balaban J connectivity index is 1.47. The first-order valence-electron chi connectivity index (χ1n) is 7.79. The smallest absolute Gasteiger partial charge is 0.247 e. The van der Waals surface area contributed by atoms with Crippen LogP contribution in [0.5, 0.6) is 0 Å². The van der Waals surface area contributed by atoms with E-state index in [1.54, 1.807) is 24.3 Å². The average Bonchev–Trinajstić information content (AvgIpc) is 3.14. The van der Waals surface area contributed by atoms with Crippen LogP contribution in [-0.2, 0) is 15.3 Å². The molecule has 5 nitrogen and oxygen atoms in total. The van der Waals surface area contributed by atoms with Crippen LogP contribution in [0, 0.1) is 0 Å². The highest BCUT2D eigenvalue weighted by Crippen LogP contribution is 2.31. The van der Waals surface area contributed by atoms with Gasteiger partial charge in [0.2, 0.25) is 11.8 Å². The van der Waals surface area contributed by atoms with E-state index in [0.29, 0.717) is 16.5 Å². The lowest BCUT2D eigenvalue weighted by molar-refractivity contribution is -0.121. The fourth-order valence-electron chi connectivity index (χ4n) is 2.85. The second-order valence-corrected chi connectivity index (χ2v) is 7.38. The molecule has 1 atom stereocenters. The molecule has 1 N–H and O–H groups in total. The minimum atomic E-state index is -0.392. The van der Waals surface area contributed by atoms with Crippen molar-refractivity contribution >= 4 is 51.9 Å². The summed E-state index contributed by atoms with van der Waals surface area (Å²) in [6.45, 7) is 0. The van der Waals surface area contributed by atoms with Crippen molar-refractivity contribution < 1.29 is 9.59 Å². The van der Waals surface area contributed by atoms with E-state index in [0.717, 1.165) is 16.9 Å². The molecule has 1 aliphatic heterocycles. The number of nitrogens with one attached hydrogen (secondary N) is 1. The van der Waals surface area contributed by atoms with E-state index in [9.17, 15) is 9.59 Å². The number of hydrogen-bond acceptors (Lipinski definition) is 4. The van der Waals surface area contributed by atoms with Crippen molar-refractivity contribution in [2.24, 2.45) is 0 Å². The summed E-state index contributed by atoms with van der Waals surface area (Å²) in [6, 6.07) is 14.5. The van der Waals surface area contributed by atoms with Gasteiger partial charge in [0, 0.05) is 11.4 Å². The molecular weight excluding hydrogens is 358 g/mol. The second kappa shape index (κ2) is 6.54. The first-order chi connectivity index (χ1) is 12.1. The number of imide groups is 1. The SMILES string of the molecule is O=C1C[C@H](SCc2nc3ccccc3[nH]2)C(=O)N1c1ccc(Cl)cc1. The molecule has 126 valence electrons. The molecule has 0 saturated carbocycles. The van der Waals surface area contributed by atoms with Crippen molar-refractivity contribution in [2.45, 2.75) is 17.4 Å². The summed E-state index contributed by atoms with van der Waals surface area (Å²) < 4.78 is 0. The van der Waals surface area contributed by atoms with Crippen LogP contribution in [0.2, 0.25) is 5.02 Å². The Labute approximate surface area is 153 Å². The second-order valence-electron chi connectivity index (χ2n) is 5.75. The zero-order chi connectivity index (χ0) is 17.4. The summed E-state index contributed by atoms with van der Waals surface area (Å²) in [5.74, 6) is 0.978. The van der Waals surface area contributed by atoms with Gasteiger partial charge in [0.15, 0.2) is 0 Å². The summed E-state index contributed by atoms with van der Waals surface area (Å²) >= 11 is 7.30. The molecule has 1 saturated heterocycles. The molecule has 2 heterocycles. The number of benzene rings is 2. The summed E-state index contributed by atoms with van der Waals surface area (Å²) in [5, 5.41) is 0.176. The Bertz CT molecular complexity index is 921. The quantitative estimate of drug-likeness (QED) is 0.709. The van der Waals surface area contributed by atoms with Gasteiger partial charge in [0.1, 0.15) is 5.82 Å². The molecule has 1 aliphatic rings. The number of nitrogens with zero attached hydrogens (tertiary/aromatic N) is 2. The third-order valence-electron chi connectivity index (χ3n) is 4.05. The molecular formula is C18H14ClN3O2S. The number of H-pyrrole nitrogens is 1. The lowest BCUT2D eigenvalue weighted by atomic mass is 10.3. The number of aromatic amines is 1. The van der Waals surface area contributed by atoms with Crippen LogP contribution in [0.3, 0.4) is 0 Å². The number of fused-ring (bicyclic) bond motifs is 1. The number of hydrogen-bond donors (Lipinski definition) is 1. The number of aromatic nitrogens is 2. The molecule has 4 rings (SSSR count). The van der Waals surface area contributed by atoms with Crippen LogP contribution in [0.15, 0.2) is 48.5 Å². The third kappa shape index (κ3) is 3.15. The van der Waals surface area contributed by atoms with Gasteiger partial charge in [-0.05, 0) is 36.4 Å². The van der Waals surface area contributed by atoms with Crippen molar-refractivity contribution in [3.8, 4) is 0 Å². The number of carbonyl (C=O) groups excluding carboxylic acids is 2. The first kappa shape index (κ1) is 16.2. The average molecular weight is 372 g/mol. The molecule has 0 aliphatic carbocycles. The van der Waals surface area contributed by atoms with Crippen LogP contribution < -0.4 is 4.90 Å². The van der Waals surface area contributed by atoms with Gasteiger partial charge in [-0.3, -0.25) is 9.59 Å². The summed E-state index contributed by atoms with van der Waals surface area (Å²) in [7, 11) is 0. The van der Waals surface area contributed by atoms with Gasteiger partial charge in [-0.1, -0.05) is 23.7 Å². The molecule has 25 heavy (non-hydrogen) atoms. The van der Waals surface area contributed by atoms with Crippen LogP contribution in [-0.4, -0.2) is 27.0 Å². The van der Waals surface area contributed by atoms with Crippen LogP contribution >= 0.6 is 23.4 Å². The maximum atomic E-state index is 12.6. The Morgan fingerprint density at radius 2 is 1.92 bits per heavy atom. The number of thioether (sulfide) groups is 1.